The number of alkyl halides is 3. The summed E-state index contributed by atoms with van der Waals surface area (Å²) in [7, 11) is 0. The first-order chi connectivity index (χ1) is 15.2. The van der Waals surface area contributed by atoms with Gasteiger partial charge >= 0.3 is 6.18 Å². The maximum absolute atomic E-state index is 13.7. The number of nitrogens with two attached hydrogens (primary N) is 1. The van der Waals surface area contributed by atoms with E-state index in [2.05, 4.69) is 17.4 Å². The van der Waals surface area contributed by atoms with Crippen molar-refractivity contribution < 1.29 is 18.0 Å². The van der Waals surface area contributed by atoms with E-state index in [-0.39, 0.29) is 35.2 Å². The first kappa shape index (κ1) is 22.0. The van der Waals surface area contributed by atoms with E-state index in [1.54, 1.807) is 0 Å². The van der Waals surface area contributed by atoms with Crippen molar-refractivity contribution in [2.45, 2.75) is 87.9 Å². The van der Waals surface area contributed by atoms with Crippen molar-refractivity contribution in [3.63, 3.8) is 0 Å². The van der Waals surface area contributed by atoms with Crippen LogP contribution in [0.25, 0.3) is 0 Å². The zero-order chi connectivity index (χ0) is 22.6. The fraction of sp³-hybridized carbons (Fsp3) is 0.654. The highest BCUT2D eigenvalue weighted by Crippen LogP contribution is 2.67. The lowest BCUT2D eigenvalue weighted by atomic mass is 9.41. The molecule has 4 bridgehead atoms. The number of amides is 1. The molecule has 0 aromatic heterocycles. The summed E-state index contributed by atoms with van der Waals surface area (Å²) < 4.78 is 39.0. The second-order valence-corrected chi connectivity index (χ2v) is 10.9. The van der Waals surface area contributed by atoms with Crippen molar-refractivity contribution in [1.82, 2.24) is 5.32 Å². The lowest BCUT2D eigenvalue weighted by Crippen LogP contribution is -2.61. The van der Waals surface area contributed by atoms with Crippen LogP contribution in [0.3, 0.4) is 0 Å². The van der Waals surface area contributed by atoms with Gasteiger partial charge in [-0.05, 0) is 80.6 Å². The number of carbonyl (C=O) groups is 1. The van der Waals surface area contributed by atoms with E-state index in [4.69, 9.17) is 5.73 Å². The van der Waals surface area contributed by atoms with Gasteiger partial charge < -0.3 is 11.1 Å². The minimum atomic E-state index is -4.18. The molecule has 6 rings (SSSR count). The molecule has 2 unspecified atom stereocenters. The molecular weight excluding hydrogens is 413 g/mol. The van der Waals surface area contributed by atoms with Gasteiger partial charge in [0.15, 0.2) is 0 Å². The van der Waals surface area contributed by atoms with Crippen molar-refractivity contribution in [3.8, 4) is 0 Å². The zero-order valence-corrected chi connectivity index (χ0v) is 18.5. The molecule has 1 amide bonds. The van der Waals surface area contributed by atoms with Gasteiger partial charge in [-0.25, -0.2) is 0 Å². The van der Waals surface area contributed by atoms with E-state index < -0.39 is 18.0 Å². The molecule has 0 saturated heterocycles. The summed E-state index contributed by atoms with van der Waals surface area (Å²) in [6.07, 6.45) is 3.96. The summed E-state index contributed by atoms with van der Waals surface area (Å²) in [4.78, 5) is 13.7. The molecule has 3 nitrogen and oxygen atoms in total. The topological polar surface area (TPSA) is 55.1 Å². The Bertz CT molecular complexity index is 868. The molecule has 1 aromatic carbocycles. The fourth-order valence-corrected chi connectivity index (χ4v) is 7.50. The summed E-state index contributed by atoms with van der Waals surface area (Å²) in [5, 5.41) is 3.34. The highest BCUT2D eigenvalue weighted by Gasteiger charge is 2.62. The van der Waals surface area contributed by atoms with E-state index in [1.165, 1.54) is 11.6 Å². The number of allylic oxidation sites excluding steroid dienone is 2. The van der Waals surface area contributed by atoms with E-state index in [1.807, 2.05) is 18.2 Å². The van der Waals surface area contributed by atoms with Crippen LogP contribution < -0.4 is 11.1 Å². The molecule has 0 heterocycles. The van der Waals surface area contributed by atoms with Crippen LogP contribution in [0.5, 0.6) is 0 Å². The molecule has 0 spiro atoms. The monoisotopic (exact) mass is 446 g/mol. The van der Waals surface area contributed by atoms with Gasteiger partial charge in [0.05, 0.1) is 11.8 Å². The molecule has 2 atom stereocenters. The standard InChI is InChI=1S/C26H33F3N2O/c27-26(28,29)11-10-22-17-12-24(19-4-2-1-3-5-19)13-18(22)15-25(14-17,16-24)23(32)31-21-8-6-20(30)7-9-21/h1-5,10,17-18,20-21H,6-9,11-16,30H2,(H,31,32)/t17?,18?,20-,21-,24?,25?. The van der Waals surface area contributed by atoms with Crippen molar-refractivity contribution in [2.75, 3.05) is 0 Å². The zero-order valence-electron chi connectivity index (χ0n) is 18.5. The molecule has 5 aliphatic carbocycles. The van der Waals surface area contributed by atoms with Gasteiger partial charge in [-0.2, -0.15) is 13.2 Å². The molecule has 174 valence electrons. The number of nitrogens with one attached hydrogen (secondary N) is 1. The molecule has 0 aliphatic heterocycles. The third-order valence-electron chi connectivity index (χ3n) is 8.71. The Balaban J connectivity index is 1.44. The predicted molar refractivity (Wildman–Crippen MR) is 118 cm³/mol. The SMILES string of the molecule is N[C@H]1CC[C@H](NC(=O)C23CC4CC(c5ccccc5)(CC(C2)C4=CCC(F)(F)F)C3)CC1. The summed E-state index contributed by atoms with van der Waals surface area (Å²) in [6, 6.07) is 10.7. The smallest absolute Gasteiger partial charge is 0.353 e. The number of halogens is 3. The average Bonchev–Trinajstić information content (AvgIpc) is 2.74. The Hall–Kier alpha value is -1.82. The van der Waals surface area contributed by atoms with Gasteiger partial charge in [-0.3, -0.25) is 4.79 Å². The molecule has 5 fully saturated rings. The van der Waals surface area contributed by atoms with Crippen LogP contribution >= 0.6 is 0 Å². The van der Waals surface area contributed by atoms with E-state index in [0.29, 0.717) is 12.8 Å². The maximum Gasteiger partial charge on any atom is 0.392 e. The minimum Gasteiger partial charge on any atom is -0.353 e. The molecule has 0 radical (unpaired) electrons. The summed E-state index contributed by atoms with van der Waals surface area (Å²) >= 11 is 0. The minimum absolute atomic E-state index is 0.0596. The van der Waals surface area contributed by atoms with Gasteiger partial charge in [0.1, 0.15) is 0 Å². The molecule has 3 N–H and O–H groups in total. The van der Waals surface area contributed by atoms with Gasteiger partial charge in [-0.1, -0.05) is 42.0 Å². The van der Waals surface area contributed by atoms with E-state index >= 15 is 0 Å². The number of benzene rings is 1. The molecule has 6 heteroatoms. The lowest BCUT2D eigenvalue weighted by molar-refractivity contribution is -0.145. The van der Waals surface area contributed by atoms with Crippen LogP contribution in [0.4, 0.5) is 13.2 Å². The van der Waals surface area contributed by atoms with E-state index in [9.17, 15) is 18.0 Å². The molecule has 32 heavy (non-hydrogen) atoms. The summed E-state index contributed by atoms with van der Waals surface area (Å²) in [5.41, 5.74) is 7.64. The highest BCUT2D eigenvalue weighted by atomic mass is 19.4. The molecule has 5 aliphatic rings. The number of carbonyl (C=O) groups excluding carboxylic acids is 1. The van der Waals surface area contributed by atoms with Crippen LogP contribution in [-0.4, -0.2) is 24.2 Å². The molecule has 5 saturated carbocycles. The van der Waals surface area contributed by atoms with Crippen molar-refractivity contribution in [3.05, 3.63) is 47.5 Å². The quantitative estimate of drug-likeness (QED) is 0.609. The first-order valence-corrected chi connectivity index (χ1v) is 12.1. The van der Waals surface area contributed by atoms with Gasteiger partial charge in [-0.15, -0.1) is 0 Å². The van der Waals surface area contributed by atoms with Crippen molar-refractivity contribution in [1.29, 1.82) is 0 Å². The third-order valence-corrected chi connectivity index (χ3v) is 8.71. The van der Waals surface area contributed by atoms with Crippen LogP contribution in [0, 0.1) is 17.3 Å². The van der Waals surface area contributed by atoms with Crippen molar-refractivity contribution in [2.24, 2.45) is 23.0 Å². The predicted octanol–water partition coefficient (Wildman–Crippen LogP) is 5.40. The first-order valence-electron chi connectivity index (χ1n) is 12.1. The average molecular weight is 447 g/mol. The fourth-order valence-electron chi connectivity index (χ4n) is 7.50. The Kier molecular flexibility index (Phi) is 5.43. The van der Waals surface area contributed by atoms with Gasteiger partial charge in [0.2, 0.25) is 5.91 Å². The highest BCUT2D eigenvalue weighted by molar-refractivity contribution is 5.84. The van der Waals surface area contributed by atoms with Crippen molar-refractivity contribution >= 4 is 5.91 Å². The number of hydrogen-bond acceptors (Lipinski definition) is 2. The number of rotatable bonds is 4. The second-order valence-electron chi connectivity index (χ2n) is 10.9. The Labute approximate surface area is 188 Å². The maximum atomic E-state index is 13.7. The van der Waals surface area contributed by atoms with Gasteiger partial charge in [0.25, 0.3) is 0 Å². The second kappa shape index (κ2) is 7.89. The summed E-state index contributed by atoms with van der Waals surface area (Å²) in [6.45, 7) is 0. The van der Waals surface area contributed by atoms with Crippen LogP contribution in [-0.2, 0) is 10.2 Å². The normalized spacial score (nSPS) is 38.6. The molecule has 1 aromatic rings. The third kappa shape index (κ3) is 4.00. The Morgan fingerprint density at radius 3 is 2.25 bits per heavy atom. The van der Waals surface area contributed by atoms with Crippen LogP contribution in [0.15, 0.2) is 42.0 Å². The van der Waals surface area contributed by atoms with Crippen LogP contribution in [0.1, 0.15) is 69.8 Å². The van der Waals surface area contributed by atoms with E-state index in [0.717, 1.165) is 50.5 Å². The molecular formula is C26H33F3N2O. The Morgan fingerprint density at radius 1 is 1.03 bits per heavy atom. The lowest BCUT2D eigenvalue weighted by Gasteiger charge is -2.62. The number of hydrogen-bond donors (Lipinski definition) is 2. The largest absolute Gasteiger partial charge is 0.392 e. The van der Waals surface area contributed by atoms with Gasteiger partial charge in [0, 0.05) is 12.1 Å². The Morgan fingerprint density at radius 2 is 1.66 bits per heavy atom. The van der Waals surface area contributed by atoms with Crippen LogP contribution in [0.2, 0.25) is 0 Å². The summed E-state index contributed by atoms with van der Waals surface area (Å²) in [5.74, 6) is 0.246.